The van der Waals surface area contributed by atoms with Gasteiger partial charge in [0.2, 0.25) is 0 Å². The molecule has 1 aromatic carbocycles. The van der Waals surface area contributed by atoms with E-state index in [9.17, 15) is 4.79 Å². The average Bonchev–Trinajstić information content (AvgIpc) is 3.19. The van der Waals surface area contributed by atoms with Crippen LogP contribution < -0.4 is 11.1 Å². The highest BCUT2D eigenvalue weighted by Gasteiger charge is 2.22. The van der Waals surface area contributed by atoms with Crippen LogP contribution in [0.15, 0.2) is 42.7 Å². The molecule has 7 heteroatoms. The molecule has 3 heterocycles. The van der Waals surface area contributed by atoms with Crippen LogP contribution in [0.25, 0.3) is 11.0 Å². The fraction of sp³-hybridized carbons (Fsp3) is 0.286. The molecule has 0 aliphatic carbocycles. The van der Waals surface area contributed by atoms with Crippen molar-refractivity contribution in [3.05, 3.63) is 59.4 Å². The van der Waals surface area contributed by atoms with E-state index >= 15 is 0 Å². The van der Waals surface area contributed by atoms with Crippen LogP contribution in [-0.4, -0.2) is 39.9 Å². The number of hydrogen-bond acceptors (Lipinski definition) is 5. The van der Waals surface area contributed by atoms with Crippen LogP contribution in [-0.2, 0) is 6.54 Å². The number of pyridine rings is 1. The van der Waals surface area contributed by atoms with Gasteiger partial charge in [0, 0.05) is 43.5 Å². The molecule has 0 unspecified atom stereocenters. The highest BCUT2D eigenvalue weighted by atomic mass is 16.1. The fourth-order valence-corrected chi connectivity index (χ4v) is 3.79. The van der Waals surface area contributed by atoms with E-state index in [4.69, 9.17) is 11.0 Å². The number of aromatic amines is 1. The SMILES string of the molecule is N#Cc1cccc(CN2CCC(Nc3c(C(N)=O)cnc4[nH]ccc34)CC2)c1. The number of nitrogens with two attached hydrogens (primary N) is 1. The summed E-state index contributed by atoms with van der Waals surface area (Å²) in [6.07, 6.45) is 5.27. The number of primary amides is 1. The lowest BCUT2D eigenvalue weighted by atomic mass is 10.0. The topological polar surface area (TPSA) is 111 Å². The van der Waals surface area contributed by atoms with Crippen molar-refractivity contribution >= 4 is 22.6 Å². The van der Waals surface area contributed by atoms with Crippen LogP contribution in [0.5, 0.6) is 0 Å². The Balaban J connectivity index is 1.43. The van der Waals surface area contributed by atoms with Gasteiger partial charge in [-0.05, 0) is 36.6 Å². The smallest absolute Gasteiger partial charge is 0.252 e. The minimum atomic E-state index is -0.479. The number of nitrogens with one attached hydrogen (secondary N) is 2. The van der Waals surface area contributed by atoms with E-state index in [-0.39, 0.29) is 6.04 Å². The predicted molar refractivity (Wildman–Crippen MR) is 108 cm³/mol. The maximum absolute atomic E-state index is 11.8. The first-order valence-electron chi connectivity index (χ1n) is 9.38. The molecule has 0 spiro atoms. The first-order valence-corrected chi connectivity index (χ1v) is 9.38. The molecule has 0 bridgehead atoms. The number of likely N-dealkylation sites (tertiary alicyclic amines) is 1. The zero-order valence-electron chi connectivity index (χ0n) is 15.5. The Morgan fingerprint density at radius 2 is 2.18 bits per heavy atom. The number of anilines is 1. The maximum Gasteiger partial charge on any atom is 0.252 e. The Hall–Kier alpha value is -3.37. The number of H-pyrrole nitrogens is 1. The molecule has 1 aliphatic rings. The van der Waals surface area contributed by atoms with Gasteiger partial charge in [-0.2, -0.15) is 5.26 Å². The van der Waals surface area contributed by atoms with E-state index in [1.807, 2.05) is 30.5 Å². The van der Waals surface area contributed by atoms with Gasteiger partial charge in [-0.15, -0.1) is 0 Å². The normalized spacial score (nSPS) is 15.4. The van der Waals surface area contributed by atoms with Gasteiger partial charge in [0.25, 0.3) is 5.91 Å². The Bertz CT molecular complexity index is 1040. The molecule has 1 amide bonds. The summed E-state index contributed by atoms with van der Waals surface area (Å²) < 4.78 is 0. The largest absolute Gasteiger partial charge is 0.381 e. The zero-order valence-corrected chi connectivity index (χ0v) is 15.5. The van der Waals surface area contributed by atoms with Crippen LogP contribution in [0, 0.1) is 11.3 Å². The number of hydrogen-bond donors (Lipinski definition) is 3. The van der Waals surface area contributed by atoms with Crippen molar-refractivity contribution in [3.63, 3.8) is 0 Å². The molecule has 1 fully saturated rings. The molecular formula is C21H22N6O. The summed E-state index contributed by atoms with van der Waals surface area (Å²) >= 11 is 0. The number of carbonyl (C=O) groups is 1. The summed E-state index contributed by atoms with van der Waals surface area (Å²) in [5.74, 6) is -0.479. The van der Waals surface area contributed by atoms with Gasteiger partial charge in [0.05, 0.1) is 22.9 Å². The van der Waals surface area contributed by atoms with Crippen molar-refractivity contribution in [1.82, 2.24) is 14.9 Å². The molecule has 1 saturated heterocycles. The van der Waals surface area contributed by atoms with Crippen LogP contribution in [0.2, 0.25) is 0 Å². The van der Waals surface area contributed by atoms with E-state index in [1.54, 1.807) is 0 Å². The number of amides is 1. The molecule has 7 nitrogen and oxygen atoms in total. The van der Waals surface area contributed by atoms with Gasteiger partial charge in [0.15, 0.2) is 0 Å². The van der Waals surface area contributed by atoms with Crippen LogP contribution >= 0.6 is 0 Å². The second-order valence-corrected chi connectivity index (χ2v) is 7.16. The lowest BCUT2D eigenvalue weighted by Crippen LogP contribution is -2.39. The third-order valence-electron chi connectivity index (χ3n) is 5.25. The molecule has 2 aromatic heterocycles. The summed E-state index contributed by atoms with van der Waals surface area (Å²) in [7, 11) is 0. The molecular weight excluding hydrogens is 352 g/mol. The quantitative estimate of drug-likeness (QED) is 0.636. The monoisotopic (exact) mass is 374 g/mol. The van der Waals surface area contributed by atoms with Gasteiger partial charge >= 0.3 is 0 Å². The van der Waals surface area contributed by atoms with Crippen molar-refractivity contribution in [1.29, 1.82) is 5.26 Å². The minimum Gasteiger partial charge on any atom is -0.381 e. The molecule has 28 heavy (non-hydrogen) atoms. The van der Waals surface area contributed by atoms with Crippen molar-refractivity contribution < 1.29 is 4.79 Å². The highest BCUT2D eigenvalue weighted by molar-refractivity contribution is 6.05. The van der Waals surface area contributed by atoms with Crippen molar-refractivity contribution in [2.75, 3.05) is 18.4 Å². The zero-order chi connectivity index (χ0) is 19.5. The number of nitriles is 1. The standard InChI is InChI=1S/C21H22N6O/c22-11-14-2-1-3-15(10-14)13-27-8-5-16(6-9-27)26-19-17-4-7-24-21(17)25-12-18(19)20(23)28/h1-4,7,10,12,16H,5-6,8-9,13H2,(H2,23,28)(H2,24,25,26). The summed E-state index contributed by atoms with van der Waals surface area (Å²) in [5.41, 5.74) is 9.32. The third kappa shape index (κ3) is 3.68. The molecule has 1 aliphatic heterocycles. The maximum atomic E-state index is 11.8. The van der Waals surface area contributed by atoms with Crippen LogP contribution in [0.3, 0.4) is 0 Å². The van der Waals surface area contributed by atoms with Crippen molar-refractivity contribution in [2.24, 2.45) is 5.73 Å². The van der Waals surface area contributed by atoms with E-state index in [0.717, 1.165) is 54.8 Å². The number of nitrogens with zero attached hydrogens (tertiary/aromatic N) is 3. The Morgan fingerprint density at radius 1 is 1.36 bits per heavy atom. The third-order valence-corrected chi connectivity index (χ3v) is 5.25. The number of rotatable bonds is 5. The number of carbonyl (C=O) groups excluding carboxylic acids is 1. The van der Waals surface area contributed by atoms with E-state index in [2.05, 4.69) is 32.3 Å². The molecule has 0 radical (unpaired) electrons. The fourth-order valence-electron chi connectivity index (χ4n) is 3.79. The van der Waals surface area contributed by atoms with Gasteiger partial charge in [-0.25, -0.2) is 4.98 Å². The lowest BCUT2D eigenvalue weighted by molar-refractivity contribution is 0.100. The molecule has 3 aromatic rings. The number of benzene rings is 1. The van der Waals surface area contributed by atoms with E-state index in [0.29, 0.717) is 11.1 Å². The first kappa shape index (κ1) is 18.0. The summed E-state index contributed by atoms with van der Waals surface area (Å²) in [6, 6.07) is 12.1. The summed E-state index contributed by atoms with van der Waals surface area (Å²) in [6.45, 7) is 2.73. The minimum absolute atomic E-state index is 0.264. The van der Waals surface area contributed by atoms with E-state index < -0.39 is 5.91 Å². The first-order chi connectivity index (χ1) is 13.6. The lowest BCUT2D eigenvalue weighted by Gasteiger charge is -2.33. The number of fused-ring (bicyclic) bond motifs is 1. The predicted octanol–water partition coefficient (Wildman–Crippen LogP) is 2.61. The van der Waals surface area contributed by atoms with Crippen LogP contribution in [0.4, 0.5) is 5.69 Å². The molecule has 142 valence electrons. The van der Waals surface area contributed by atoms with E-state index in [1.165, 1.54) is 6.20 Å². The van der Waals surface area contributed by atoms with Crippen molar-refractivity contribution in [2.45, 2.75) is 25.4 Å². The van der Waals surface area contributed by atoms with Gasteiger partial charge in [-0.3, -0.25) is 9.69 Å². The molecule has 0 atom stereocenters. The Labute approximate surface area is 163 Å². The number of aromatic nitrogens is 2. The van der Waals surface area contributed by atoms with Crippen LogP contribution in [0.1, 0.15) is 34.3 Å². The molecule has 4 rings (SSSR count). The average molecular weight is 374 g/mol. The highest BCUT2D eigenvalue weighted by Crippen LogP contribution is 2.28. The van der Waals surface area contributed by atoms with Gasteiger partial charge < -0.3 is 16.0 Å². The molecule has 0 saturated carbocycles. The summed E-state index contributed by atoms with van der Waals surface area (Å²) in [5, 5.41) is 13.5. The second kappa shape index (κ2) is 7.71. The summed E-state index contributed by atoms with van der Waals surface area (Å²) in [4.78, 5) is 21.6. The Kier molecular flexibility index (Phi) is 4.96. The van der Waals surface area contributed by atoms with Gasteiger partial charge in [-0.1, -0.05) is 12.1 Å². The number of piperidine rings is 1. The van der Waals surface area contributed by atoms with Crippen molar-refractivity contribution in [3.8, 4) is 6.07 Å². The Morgan fingerprint density at radius 3 is 2.93 bits per heavy atom. The molecule has 4 N–H and O–H groups in total. The second-order valence-electron chi connectivity index (χ2n) is 7.16. The van der Waals surface area contributed by atoms with Gasteiger partial charge in [0.1, 0.15) is 5.65 Å².